The van der Waals surface area contributed by atoms with E-state index in [1.807, 2.05) is 0 Å². The first kappa shape index (κ1) is 17.2. The molecule has 23 heavy (non-hydrogen) atoms. The van der Waals surface area contributed by atoms with E-state index in [1.54, 1.807) is 4.90 Å². The van der Waals surface area contributed by atoms with Crippen LogP contribution in [-0.4, -0.2) is 55.7 Å². The summed E-state index contributed by atoms with van der Waals surface area (Å²) in [6.45, 7) is 1.11. The zero-order valence-electron chi connectivity index (χ0n) is 12.9. The van der Waals surface area contributed by atoms with Gasteiger partial charge in [0.1, 0.15) is 11.9 Å². The van der Waals surface area contributed by atoms with Crippen LogP contribution in [0.25, 0.3) is 0 Å². The number of amides is 3. The number of methoxy groups -OCH3 is 1. The number of urea groups is 1. The second-order valence-corrected chi connectivity index (χ2v) is 5.44. The van der Waals surface area contributed by atoms with Crippen molar-refractivity contribution in [3.05, 3.63) is 30.1 Å². The number of hydrogen-bond acceptors (Lipinski definition) is 4. The first-order chi connectivity index (χ1) is 11.0. The summed E-state index contributed by atoms with van der Waals surface area (Å²) in [7, 11) is 1.49. The molecule has 0 bridgehead atoms. The van der Waals surface area contributed by atoms with Gasteiger partial charge in [-0.25, -0.2) is 9.18 Å². The van der Waals surface area contributed by atoms with Crippen LogP contribution >= 0.6 is 0 Å². The standard InChI is InChI=1S/C15H21FN4O3/c1-23-9-13(17)14(21)20-7-6-12(8-20)19-15(22)18-11-4-2-10(16)3-5-11/h2-5,12-13H,6-9,17H2,1H3,(H2,18,19,22). The van der Waals surface area contributed by atoms with Crippen LogP contribution in [0.3, 0.4) is 0 Å². The Labute approximate surface area is 134 Å². The Balaban J connectivity index is 1.79. The average molecular weight is 324 g/mol. The molecule has 1 heterocycles. The molecule has 3 amide bonds. The Morgan fingerprint density at radius 1 is 1.43 bits per heavy atom. The number of nitrogens with zero attached hydrogens (tertiary/aromatic N) is 1. The fraction of sp³-hybridized carbons (Fsp3) is 0.467. The lowest BCUT2D eigenvalue weighted by atomic mass is 10.2. The largest absolute Gasteiger partial charge is 0.383 e. The maximum Gasteiger partial charge on any atom is 0.319 e. The molecule has 8 heteroatoms. The zero-order chi connectivity index (χ0) is 16.8. The molecule has 1 aliphatic rings. The molecule has 1 saturated heterocycles. The van der Waals surface area contributed by atoms with Gasteiger partial charge in [-0.2, -0.15) is 0 Å². The van der Waals surface area contributed by atoms with Gasteiger partial charge in [-0.05, 0) is 30.7 Å². The smallest absolute Gasteiger partial charge is 0.319 e. The van der Waals surface area contributed by atoms with Crippen molar-refractivity contribution in [2.24, 2.45) is 5.73 Å². The maximum absolute atomic E-state index is 12.8. The van der Waals surface area contributed by atoms with Crippen molar-refractivity contribution in [1.29, 1.82) is 0 Å². The predicted octanol–water partition coefficient (Wildman–Crippen LogP) is 0.522. The Bertz CT molecular complexity index is 552. The van der Waals surface area contributed by atoms with E-state index in [0.717, 1.165) is 0 Å². The van der Waals surface area contributed by atoms with Gasteiger partial charge in [0.15, 0.2) is 0 Å². The second kappa shape index (κ2) is 7.89. The van der Waals surface area contributed by atoms with Crippen molar-refractivity contribution in [3.8, 4) is 0 Å². The monoisotopic (exact) mass is 324 g/mol. The van der Waals surface area contributed by atoms with Crippen LogP contribution < -0.4 is 16.4 Å². The van der Waals surface area contributed by atoms with Gasteiger partial charge >= 0.3 is 6.03 Å². The number of halogens is 1. The number of benzene rings is 1. The average Bonchev–Trinajstić information content (AvgIpc) is 2.97. The quantitative estimate of drug-likeness (QED) is 0.736. The third-order valence-electron chi connectivity index (χ3n) is 3.60. The Hall–Kier alpha value is -2.19. The molecule has 2 atom stereocenters. The van der Waals surface area contributed by atoms with Crippen LogP contribution in [0.5, 0.6) is 0 Å². The molecule has 0 radical (unpaired) electrons. The molecule has 1 aliphatic heterocycles. The van der Waals surface area contributed by atoms with Crippen LogP contribution in [0.1, 0.15) is 6.42 Å². The molecule has 2 rings (SSSR count). The normalized spacial score (nSPS) is 18.6. The molecule has 1 aromatic carbocycles. The number of hydrogen-bond donors (Lipinski definition) is 3. The van der Waals surface area contributed by atoms with Gasteiger partial charge in [0, 0.05) is 31.9 Å². The second-order valence-electron chi connectivity index (χ2n) is 5.44. The lowest BCUT2D eigenvalue weighted by molar-refractivity contribution is -0.132. The Morgan fingerprint density at radius 2 is 2.13 bits per heavy atom. The summed E-state index contributed by atoms with van der Waals surface area (Å²) in [5.41, 5.74) is 6.22. The van der Waals surface area contributed by atoms with Gasteiger partial charge in [-0.1, -0.05) is 0 Å². The van der Waals surface area contributed by atoms with Crippen LogP contribution in [0.2, 0.25) is 0 Å². The first-order valence-electron chi connectivity index (χ1n) is 7.36. The summed E-state index contributed by atoms with van der Waals surface area (Å²) >= 11 is 0. The highest BCUT2D eigenvalue weighted by atomic mass is 19.1. The molecule has 0 saturated carbocycles. The summed E-state index contributed by atoms with van der Waals surface area (Å²) in [5.74, 6) is -0.552. The van der Waals surface area contributed by atoms with Crippen LogP contribution in [0.15, 0.2) is 24.3 Å². The van der Waals surface area contributed by atoms with E-state index in [1.165, 1.54) is 31.4 Å². The maximum atomic E-state index is 12.8. The van der Waals surface area contributed by atoms with Gasteiger partial charge in [0.2, 0.25) is 5.91 Å². The molecule has 1 fully saturated rings. The van der Waals surface area contributed by atoms with E-state index in [9.17, 15) is 14.0 Å². The fourth-order valence-corrected chi connectivity index (χ4v) is 2.45. The summed E-state index contributed by atoms with van der Waals surface area (Å²) in [5, 5.41) is 5.41. The molecule has 2 unspecified atom stereocenters. The molecular weight excluding hydrogens is 303 g/mol. The minimum absolute atomic E-state index is 0.144. The number of nitrogens with one attached hydrogen (secondary N) is 2. The summed E-state index contributed by atoms with van der Waals surface area (Å²) in [4.78, 5) is 25.6. The lowest BCUT2D eigenvalue weighted by Gasteiger charge is -2.20. The topological polar surface area (TPSA) is 96.7 Å². The highest BCUT2D eigenvalue weighted by molar-refractivity contribution is 5.89. The number of carbonyl (C=O) groups is 2. The molecule has 4 N–H and O–H groups in total. The van der Waals surface area contributed by atoms with Gasteiger partial charge in [0.05, 0.1) is 6.61 Å². The minimum Gasteiger partial charge on any atom is -0.383 e. The Kier molecular flexibility index (Phi) is 5.89. The number of likely N-dealkylation sites (tertiary alicyclic amines) is 1. The zero-order valence-corrected chi connectivity index (χ0v) is 12.9. The number of anilines is 1. The van der Waals surface area contributed by atoms with Crippen molar-refractivity contribution in [1.82, 2.24) is 10.2 Å². The van der Waals surface area contributed by atoms with Crippen LogP contribution in [-0.2, 0) is 9.53 Å². The van der Waals surface area contributed by atoms with E-state index >= 15 is 0 Å². The first-order valence-corrected chi connectivity index (χ1v) is 7.36. The van der Waals surface area contributed by atoms with Gasteiger partial charge in [-0.15, -0.1) is 0 Å². The lowest BCUT2D eigenvalue weighted by Crippen LogP contribution is -2.47. The molecule has 7 nitrogen and oxygen atoms in total. The molecular formula is C15H21FN4O3. The third kappa shape index (κ3) is 4.90. The van der Waals surface area contributed by atoms with Crippen molar-refractivity contribution in [2.45, 2.75) is 18.5 Å². The van der Waals surface area contributed by atoms with Crippen LogP contribution in [0, 0.1) is 5.82 Å². The summed E-state index contributed by atoms with van der Waals surface area (Å²) in [6.07, 6.45) is 0.655. The summed E-state index contributed by atoms with van der Waals surface area (Å²) < 4.78 is 17.7. The van der Waals surface area contributed by atoms with Crippen LogP contribution in [0.4, 0.5) is 14.9 Å². The van der Waals surface area contributed by atoms with Crippen molar-refractivity contribution in [3.63, 3.8) is 0 Å². The van der Waals surface area contributed by atoms with Crippen molar-refractivity contribution in [2.75, 3.05) is 32.1 Å². The van der Waals surface area contributed by atoms with E-state index in [2.05, 4.69) is 10.6 Å². The van der Waals surface area contributed by atoms with E-state index in [-0.39, 0.29) is 24.4 Å². The highest BCUT2D eigenvalue weighted by Gasteiger charge is 2.30. The van der Waals surface area contributed by atoms with Crippen molar-refractivity contribution < 1.29 is 18.7 Å². The number of ether oxygens (including phenoxy) is 1. The molecule has 0 spiro atoms. The predicted molar refractivity (Wildman–Crippen MR) is 83.4 cm³/mol. The molecule has 1 aromatic rings. The van der Waals surface area contributed by atoms with Gasteiger partial charge in [0.25, 0.3) is 0 Å². The number of nitrogens with two attached hydrogens (primary N) is 1. The number of rotatable bonds is 5. The Morgan fingerprint density at radius 3 is 2.78 bits per heavy atom. The van der Waals surface area contributed by atoms with Crippen molar-refractivity contribution >= 4 is 17.6 Å². The van der Waals surface area contributed by atoms with E-state index in [4.69, 9.17) is 10.5 Å². The summed E-state index contributed by atoms with van der Waals surface area (Å²) in [6, 6.07) is 4.26. The SMILES string of the molecule is COCC(N)C(=O)N1CCC(NC(=O)Nc2ccc(F)cc2)C1. The van der Waals surface area contributed by atoms with E-state index < -0.39 is 12.1 Å². The van der Waals surface area contributed by atoms with Gasteiger partial charge < -0.3 is 26.0 Å². The fourth-order valence-electron chi connectivity index (χ4n) is 2.45. The van der Waals surface area contributed by atoms with Gasteiger partial charge in [-0.3, -0.25) is 4.79 Å². The molecule has 0 aromatic heterocycles. The third-order valence-corrected chi connectivity index (χ3v) is 3.60. The molecule has 126 valence electrons. The minimum atomic E-state index is -0.688. The highest BCUT2D eigenvalue weighted by Crippen LogP contribution is 2.12. The molecule has 0 aliphatic carbocycles. The van der Waals surface area contributed by atoms with E-state index in [0.29, 0.717) is 25.2 Å². The number of carbonyl (C=O) groups excluding carboxylic acids is 2.